The lowest BCUT2D eigenvalue weighted by molar-refractivity contribution is -0.117. The molecule has 1 aliphatic heterocycles. The number of aliphatic hydroxyl groups is 1. The van der Waals surface area contributed by atoms with E-state index < -0.39 is 17.7 Å². The smallest absolute Gasteiger partial charge is 0.294 e. The highest BCUT2D eigenvalue weighted by Gasteiger charge is 2.45. The highest BCUT2D eigenvalue weighted by atomic mass is 35.5. The van der Waals surface area contributed by atoms with E-state index in [1.807, 2.05) is 18.4 Å². The van der Waals surface area contributed by atoms with E-state index in [9.17, 15) is 14.7 Å². The molecule has 2 aromatic heterocycles. The van der Waals surface area contributed by atoms with E-state index in [2.05, 4.69) is 0 Å². The van der Waals surface area contributed by atoms with E-state index in [0.717, 1.165) is 10.4 Å². The Morgan fingerprint density at radius 3 is 2.59 bits per heavy atom. The van der Waals surface area contributed by atoms with Crippen molar-refractivity contribution in [2.75, 3.05) is 4.90 Å². The van der Waals surface area contributed by atoms with Crippen molar-refractivity contribution in [2.24, 2.45) is 0 Å². The van der Waals surface area contributed by atoms with Crippen molar-refractivity contribution >= 4 is 51.7 Å². The summed E-state index contributed by atoms with van der Waals surface area (Å²) in [5.74, 6) is -1.45. The van der Waals surface area contributed by atoms with Gasteiger partial charge >= 0.3 is 0 Å². The lowest BCUT2D eigenvalue weighted by atomic mass is 9.99. The van der Waals surface area contributed by atoms with Gasteiger partial charge in [0.15, 0.2) is 5.76 Å². The van der Waals surface area contributed by atoms with E-state index in [1.165, 1.54) is 27.6 Å². The molecule has 27 heavy (non-hydrogen) atoms. The van der Waals surface area contributed by atoms with E-state index in [-0.39, 0.29) is 11.4 Å². The summed E-state index contributed by atoms with van der Waals surface area (Å²) >= 11 is 8.85. The zero-order chi connectivity index (χ0) is 19.1. The predicted octanol–water partition coefficient (Wildman–Crippen LogP) is 5.55. The van der Waals surface area contributed by atoms with Gasteiger partial charge in [0.05, 0.1) is 10.5 Å². The minimum absolute atomic E-state index is 0.105. The van der Waals surface area contributed by atoms with Crippen molar-refractivity contribution in [1.29, 1.82) is 0 Å². The monoisotopic (exact) mass is 415 g/mol. The molecule has 3 heterocycles. The first-order chi connectivity index (χ1) is 13.0. The van der Waals surface area contributed by atoms with Gasteiger partial charge in [0, 0.05) is 15.6 Å². The van der Waals surface area contributed by atoms with Crippen molar-refractivity contribution in [3.63, 3.8) is 0 Å². The van der Waals surface area contributed by atoms with Gasteiger partial charge in [-0.15, -0.1) is 22.7 Å². The first kappa shape index (κ1) is 18.0. The number of hydrogen-bond acceptors (Lipinski definition) is 5. The molecule has 4 rings (SSSR count). The average Bonchev–Trinajstić information content (AvgIpc) is 3.36. The molecule has 0 saturated carbocycles. The summed E-state index contributed by atoms with van der Waals surface area (Å²) in [6.45, 7) is 1.93. The fraction of sp³-hybridized carbons (Fsp3) is 0.100. The van der Waals surface area contributed by atoms with Crippen molar-refractivity contribution in [3.8, 4) is 0 Å². The fourth-order valence-electron chi connectivity index (χ4n) is 3.18. The van der Waals surface area contributed by atoms with Crippen LogP contribution in [0.15, 0.2) is 64.6 Å². The number of thiophene rings is 2. The molecule has 1 amide bonds. The molecule has 1 N–H and O–H groups in total. The Hall–Kier alpha value is -2.41. The molecular weight excluding hydrogens is 402 g/mol. The largest absolute Gasteiger partial charge is 0.503 e. The number of hydrogen-bond donors (Lipinski definition) is 1. The summed E-state index contributed by atoms with van der Waals surface area (Å²) in [4.78, 5) is 28.8. The predicted molar refractivity (Wildman–Crippen MR) is 109 cm³/mol. The fourth-order valence-corrected chi connectivity index (χ4v) is 5.07. The molecule has 136 valence electrons. The van der Waals surface area contributed by atoms with Crippen LogP contribution in [0.5, 0.6) is 0 Å². The molecule has 4 nitrogen and oxygen atoms in total. The molecule has 0 aliphatic carbocycles. The number of anilines is 1. The summed E-state index contributed by atoms with van der Waals surface area (Å²) in [6, 6.07) is 11.5. The van der Waals surface area contributed by atoms with E-state index >= 15 is 0 Å². The highest BCUT2D eigenvalue weighted by Crippen LogP contribution is 2.45. The quantitative estimate of drug-likeness (QED) is 0.568. The third kappa shape index (κ3) is 3.00. The van der Waals surface area contributed by atoms with Crippen molar-refractivity contribution in [3.05, 3.63) is 84.9 Å². The molecule has 1 atom stereocenters. The van der Waals surface area contributed by atoms with E-state index in [0.29, 0.717) is 15.6 Å². The number of aliphatic hydroxyl groups excluding tert-OH is 1. The van der Waals surface area contributed by atoms with Gasteiger partial charge in [-0.25, -0.2) is 0 Å². The number of Topliss-reactive ketones (excluding diaryl/α,β-unsaturated/α-hetero) is 1. The molecule has 1 unspecified atom stereocenters. The second-order valence-electron chi connectivity index (χ2n) is 6.09. The minimum atomic E-state index is -0.689. The Morgan fingerprint density at radius 1 is 1.15 bits per heavy atom. The van der Waals surface area contributed by atoms with Gasteiger partial charge in [-0.1, -0.05) is 23.7 Å². The normalized spacial score (nSPS) is 17.0. The van der Waals surface area contributed by atoms with Crippen LogP contribution in [0, 0.1) is 6.92 Å². The Labute approximate surface area is 169 Å². The van der Waals surface area contributed by atoms with Gasteiger partial charge in [-0.2, -0.15) is 0 Å². The van der Waals surface area contributed by atoms with Crippen LogP contribution in [-0.2, 0) is 4.79 Å². The van der Waals surface area contributed by atoms with Crippen molar-refractivity contribution in [1.82, 2.24) is 0 Å². The molecule has 0 spiro atoms. The standard InChI is InChI=1S/C20H14ClNO3S2/c1-11-7-9-27-19(11)16-15(17(23)14-6-3-8-26-14)18(24)20(25)22(16)13-5-2-4-12(21)10-13/h2-10,16,24H,1H3. The number of aryl methyl sites for hydroxylation is 1. The summed E-state index contributed by atoms with van der Waals surface area (Å²) < 4.78 is 0. The number of ketones is 1. The van der Waals surface area contributed by atoms with Crippen LogP contribution < -0.4 is 4.90 Å². The third-order valence-electron chi connectivity index (χ3n) is 4.43. The van der Waals surface area contributed by atoms with Crippen LogP contribution in [0.4, 0.5) is 5.69 Å². The third-order valence-corrected chi connectivity index (χ3v) is 6.61. The molecule has 0 fully saturated rings. The Kier molecular flexibility index (Phi) is 4.63. The van der Waals surface area contributed by atoms with Crippen LogP contribution in [-0.4, -0.2) is 16.8 Å². The molecule has 0 radical (unpaired) electrons. The van der Waals surface area contributed by atoms with E-state index in [4.69, 9.17) is 11.6 Å². The van der Waals surface area contributed by atoms with Crippen molar-refractivity contribution < 1.29 is 14.7 Å². The Morgan fingerprint density at radius 2 is 1.96 bits per heavy atom. The first-order valence-electron chi connectivity index (χ1n) is 8.13. The summed E-state index contributed by atoms with van der Waals surface area (Å²) in [5.41, 5.74) is 1.59. The summed E-state index contributed by atoms with van der Waals surface area (Å²) in [5, 5.41) is 14.8. The number of nitrogens with zero attached hydrogens (tertiary/aromatic N) is 1. The topological polar surface area (TPSA) is 57.6 Å². The van der Waals surface area contributed by atoms with Crippen LogP contribution in [0.3, 0.4) is 0 Å². The number of rotatable bonds is 4. The van der Waals surface area contributed by atoms with Crippen LogP contribution in [0.25, 0.3) is 0 Å². The Balaban J connectivity index is 1.90. The van der Waals surface area contributed by atoms with Gasteiger partial charge in [-0.3, -0.25) is 14.5 Å². The zero-order valence-electron chi connectivity index (χ0n) is 14.2. The van der Waals surface area contributed by atoms with E-state index in [1.54, 1.807) is 41.8 Å². The molecule has 1 aliphatic rings. The second kappa shape index (κ2) is 6.96. The zero-order valence-corrected chi connectivity index (χ0v) is 16.6. The summed E-state index contributed by atoms with van der Waals surface area (Å²) in [6.07, 6.45) is 0. The maximum absolute atomic E-state index is 13.1. The lowest BCUT2D eigenvalue weighted by Crippen LogP contribution is -2.30. The molecule has 0 saturated heterocycles. The maximum Gasteiger partial charge on any atom is 0.294 e. The van der Waals surface area contributed by atoms with Gasteiger partial charge < -0.3 is 5.11 Å². The van der Waals surface area contributed by atoms with Gasteiger partial charge in [0.25, 0.3) is 5.91 Å². The highest BCUT2D eigenvalue weighted by molar-refractivity contribution is 7.12. The van der Waals surface area contributed by atoms with Gasteiger partial charge in [0.1, 0.15) is 6.04 Å². The lowest BCUT2D eigenvalue weighted by Gasteiger charge is -2.26. The number of carbonyl (C=O) groups excluding carboxylic acids is 2. The molecule has 1 aromatic carbocycles. The molecular formula is C20H14ClNO3S2. The first-order valence-corrected chi connectivity index (χ1v) is 10.3. The summed E-state index contributed by atoms with van der Waals surface area (Å²) in [7, 11) is 0. The van der Waals surface area contributed by atoms with Gasteiger partial charge in [-0.05, 0) is 53.6 Å². The van der Waals surface area contributed by atoms with Crippen molar-refractivity contribution in [2.45, 2.75) is 13.0 Å². The molecule has 3 aromatic rings. The number of halogens is 1. The number of benzene rings is 1. The molecule has 7 heteroatoms. The molecule has 0 bridgehead atoms. The number of carbonyl (C=O) groups is 2. The van der Waals surface area contributed by atoms with Crippen LogP contribution in [0.1, 0.15) is 26.2 Å². The minimum Gasteiger partial charge on any atom is -0.503 e. The SMILES string of the molecule is Cc1ccsc1C1C(C(=O)c2cccs2)=C(O)C(=O)N1c1cccc(Cl)c1. The Bertz CT molecular complexity index is 1070. The average molecular weight is 416 g/mol. The van der Waals surface area contributed by atoms with Crippen LogP contribution in [0.2, 0.25) is 5.02 Å². The van der Waals surface area contributed by atoms with Crippen LogP contribution >= 0.6 is 34.3 Å². The van der Waals surface area contributed by atoms with Gasteiger partial charge in [0.2, 0.25) is 5.78 Å². The number of amides is 1. The maximum atomic E-state index is 13.1. The second-order valence-corrected chi connectivity index (χ2v) is 8.43.